The largest absolute Gasteiger partial charge is 0.310 e. The minimum Gasteiger partial charge on any atom is -0.310 e. The van der Waals surface area contributed by atoms with Crippen molar-refractivity contribution >= 4 is 23.1 Å². The molecule has 140 valence electrons. The molecule has 5 nitrogen and oxygen atoms in total. The number of carbonyl (C=O) groups is 1. The van der Waals surface area contributed by atoms with Crippen LogP contribution >= 0.6 is 11.3 Å². The normalized spacial score (nSPS) is 15.7. The zero-order valence-electron chi connectivity index (χ0n) is 15.2. The van der Waals surface area contributed by atoms with Gasteiger partial charge in [0.2, 0.25) is 5.91 Å². The second-order valence-electron chi connectivity index (χ2n) is 6.89. The number of nitrogens with one attached hydrogen (secondary N) is 2. The highest BCUT2D eigenvalue weighted by Crippen LogP contribution is 2.31. The van der Waals surface area contributed by atoms with Gasteiger partial charge in [-0.3, -0.25) is 10.1 Å². The van der Waals surface area contributed by atoms with Crippen molar-refractivity contribution in [3.8, 4) is 0 Å². The Balaban J connectivity index is 1.41. The lowest BCUT2D eigenvalue weighted by molar-refractivity contribution is -0.115. The van der Waals surface area contributed by atoms with Crippen LogP contribution in [-0.4, -0.2) is 22.2 Å². The van der Waals surface area contributed by atoms with E-state index in [1.165, 1.54) is 17.7 Å². The van der Waals surface area contributed by atoms with Crippen molar-refractivity contribution < 1.29 is 4.79 Å². The monoisotopic (exact) mass is 380 g/mol. The van der Waals surface area contributed by atoms with Crippen LogP contribution in [0.5, 0.6) is 0 Å². The lowest BCUT2D eigenvalue weighted by Gasteiger charge is -2.19. The Morgan fingerprint density at radius 1 is 1.15 bits per heavy atom. The predicted octanol–water partition coefficient (Wildman–Crippen LogP) is 4.38. The van der Waals surface area contributed by atoms with Crippen LogP contribution in [-0.2, 0) is 4.79 Å². The molecule has 3 aromatic rings. The summed E-state index contributed by atoms with van der Waals surface area (Å²) in [6.07, 6.45) is 6.51. The topological polar surface area (TPSA) is 59.0 Å². The summed E-state index contributed by atoms with van der Waals surface area (Å²) in [7, 11) is 0. The molecule has 2 N–H and O–H groups in total. The molecule has 1 saturated carbocycles. The van der Waals surface area contributed by atoms with Gasteiger partial charge in [0.25, 0.3) is 0 Å². The zero-order chi connectivity index (χ0) is 18.5. The summed E-state index contributed by atoms with van der Waals surface area (Å²) in [6.45, 7) is 0.243. The van der Waals surface area contributed by atoms with Gasteiger partial charge in [-0.1, -0.05) is 49.2 Å². The lowest BCUT2D eigenvalue weighted by Crippen LogP contribution is -2.32. The van der Waals surface area contributed by atoms with Gasteiger partial charge in [0, 0.05) is 10.9 Å². The number of benzene rings is 1. The predicted molar refractivity (Wildman–Crippen MR) is 109 cm³/mol. The zero-order valence-corrected chi connectivity index (χ0v) is 16.0. The molecule has 1 amide bonds. The SMILES string of the molecule is O=C(CNC(c1ccccc1)c1cccs1)Nc1ccnn1C1CCCC1. The average molecular weight is 381 g/mol. The minimum atomic E-state index is -0.0489. The number of nitrogens with zero attached hydrogens (tertiary/aromatic N) is 2. The third kappa shape index (κ3) is 4.28. The van der Waals surface area contributed by atoms with Crippen LogP contribution in [0.3, 0.4) is 0 Å². The van der Waals surface area contributed by atoms with Crippen molar-refractivity contribution in [2.75, 3.05) is 11.9 Å². The molecule has 0 aliphatic heterocycles. The average Bonchev–Trinajstić information content (AvgIpc) is 3.45. The highest BCUT2D eigenvalue weighted by atomic mass is 32.1. The van der Waals surface area contributed by atoms with Crippen LogP contribution in [0, 0.1) is 0 Å². The summed E-state index contributed by atoms with van der Waals surface area (Å²) in [5, 5.41) is 12.9. The summed E-state index contributed by atoms with van der Waals surface area (Å²) in [5.41, 5.74) is 1.16. The number of carbonyl (C=O) groups excluding carboxylic acids is 1. The van der Waals surface area contributed by atoms with E-state index in [9.17, 15) is 4.79 Å². The maximum atomic E-state index is 12.6. The van der Waals surface area contributed by atoms with Gasteiger partial charge < -0.3 is 5.32 Å². The molecule has 1 aliphatic carbocycles. The summed E-state index contributed by atoms with van der Waals surface area (Å²) < 4.78 is 1.97. The van der Waals surface area contributed by atoms with Crippen molar-refractivity contribution in [1.29, 1.82) is 0 Å². The molecule has 0 saturated heterocycles. The van der Waals surface area contributed by atoms with Crippen molar-refractivity contribution in [2.45, 2.75) is 37.8 Å². The first-order chi connectivity index (χ1) is 13.3. The van der Waals surface area contributed by atoms with Gasteiger partial charge in [0.05, 0.1) is 24.8 Å². The number of thiophene rings is 1. The van der Waals surface area contributed by atoms with E-state index in [1.54, 1.807) is 17.5 Å². The summed E-state index contributed by atoms with van der Waals surface area (Å²) in [6, 6.07) is 16.7. The molecule has 1 atom stereocenters. The Bertz CT molecular complexity index is 853. The number of hydrogen-bond donors (Lipinski definition) is 2. The molecule has 6 heteroatoms. The standard InChI is InChI=1S/C21H24N4OS/c26-20(24-19-12-13-23-25(19)17-9-4-5-10-17)15-22-21(18-11-6-14-27-18)16-7-2-1-3-8-16/h1-3,6-8,11-14,17,21-22H,4-5,9-10,15H2,(H,24,26). The Morgan fingerprint density at radius 3 is 2.70 bits per heavy atom. The van der Waals surface area contributed by atoms with E-state index in [0.29, 0.717) is 6.04 Å². The van der Waals surface area contributed by atoms with Crippen LogP contribution in [0.4, 0.5) is 5.82 Å². The van der Waals surface area contributed by atoms with E-state index in [-0.39, 0.29) is 18.5 Å². The highest BCUT2D eigenvalue weighted by molar-refractivity contribution is 7.10. The van der Waals surface area contributed by atoms with E-state index >= 15 is 0 Å². The van der Waals surface area contributed by atoms with Crippen LogP contribution < -0.4 is 10.6 Å². The Kier molecular flexibility index (Phi) is 5.65. The first-order valence-electron chi connectivity index (χ1n) is 9.46. The van der Waals surface area contributed by atoms with E-state index in [2.05, 4.69) is 39.3 Å². The van der Waals surface area contributed by atoms with Gasteiger partial charge in [-0.15, -0.1) is 11.3 Å². The number of rotatable bonds is 7. The van der Waals surface area contributed by atoms with Gasteiger partial charge in [-0.05, 0) is 29.9 Å². The second-order valence-corrected chi connectivity index (χ2v) is 7.87. The smallest absolute Gasteiger partial charge is 0.239 e. The van der Waals surface area contributed by atoms with Crippen molar-refractivity contribution in [3.05, 3.63) is 70.5 Å². The first kappa shape index (κ1) is 17.9. The third-order valence-electron chi connectivity index (χ3n) is 5.04. The first-order valence-corrected chi connectivity index (χ1v) is 10.3. The Labute approximate surface area is 163 Å². The summed E-state index contributed by atoms with van der Waals surface area (Å²) in [4.78, 5) is 13.8. The molecule has 0 spiro atoms. The molecule has 2 heterocycles. The van der Waals surface area contributed by atoms with Gasteiger partial charge in [0.1, 0.15) is 5.82 Å². The quantitative estimate of drug-likeness (QED) is 0.640. The van der Waals surface area contributed by atoms with Gasteiger partial charge in [-0.25, -0.2) is 4.68 Å². The van der Waals surface area contributed by atoms with Gasteiger partial charge in [-0.2, -0.15) is 5.10 Å². The Hall–Kier alpha value is -2.44. The van der Waals surface area contributed by atoms with Crippen LogP contribution in [0.2, 0.25) is 0 Å². The van der Waals surface area contributed by atoms with Crippen LogP contribution in [0.25, 0.3) is 0 Å². The number of aromatic nitrogens is 2. The second kappa shape index (κ2) is 8.50. The summed E-state index contributed by atoms with van der Waals surface area (Å²) >= 11 is 1.69. The molecule has 27 heavy (non-hydrogen) atoms. The fourth-order valence-corrected chi connectivity index (χ4v) is 4.55. The van der Waals surface area contributed by atoms with E-state index in [4.69, 9.17) is 0 Å². The van der Waals surface area contributed by atoms with Crippen LogP contribution in [0.1, 0.15) is 48.2 Å². The number of hydrogen-bond acceptors (Lipinski definition) is 4. The van der Waals surface area contributed by atoms with E-state index in [1.807, 2.05) is 35.0 Å². The maximum Gasteiger partial charge on any atom is 0.239 e. The third-order valence-corrected chi connectivity index (χ3v) is 5.97. The molecule has 1 fully saturated rings. The fourth-order valence-electron chi connectivity index (χ4n) is 3.72. The van der Waals surface area contributed by atoms with Gasteiger partial charge in [0.15, 0.2) is 0 Å². The minimum absolute atomic E-state index is 0.0108. The number of amides is 1. The van der Waals surface area contributed by atoms with Crippen molar-refractivity contribution in [2.24, 2.45) is 0 Å². The molecular weight excluding hydrogens is 356 g/mol. The van der Waals surface area contributed by atoms with Gasteiger partial charge >= 0.3 is 0 Å². The molecule has 2 aromatic heterocycles. The van der Waals surface area contributed by atoms with Crippen molar-refractivity contribution in [1.82, 2.24) is 15.1 Å². The number of anilines is 1. The lowest BCUT2D eigenvalue weighted by atomic mass is 10.1. The molecule has 0 bridgehead atoms. The molecule has 1 aromatic carbocycles. The highest BCUT2D eigenvalue weighted by Gasteiger charge is 2.21. The fraction of sp³-hybridized carbons (Fsp3) is 0.333. The molecule has 4 rings (SSSR count). The molecular formula is C21H24N4OS. The molecule has 0 radical (unpaired) electrons. The maximum absolute atomic E-state index is 12.6. The van der Waals surface area contributed by atoms with E-state index < -0.39 is 0 Å². The Morgan fingerprint density at radius 2 is 1.96 bits per heavy atom. The van der Waals surface area contributed by atoms with E-state index in [0.717, 1.165) is 24.2 Å². The van der Waals surface area contributed by atoms with Crippen molar-refractivity contribution in [3.63, 3.8) is 0 Å². The summed E-state index contributed by atoms with van der Waals surface area (Å²) in [5.74, 6) is 0.744. The molecule has 1 unspecified atom stereocenters. The van der Waals surface area contributed by atoms with Crippen LogP contribution in [0.15, 0.2) is 60.1 Å². The molecule has 1 aliphatic rings.